The van der Waals surface area contributed by atoms with Gasteiger partial charge in [-0.05, 0) is 17.3 Å². The molecule has 0 aliphatic rings. The van der Waals surface area contributed by atoms with E-state index in [1.54, 1.807) is 24.3 Å². The van der Waals surface area contributed by atoms with Gasteiger partial charge in [-0.1, -0.05) is 12.1 Å². The molecule has 0 amide bonds. The number of nitrogens with zero attached hydrogens (tertiary/aromatic N) is 5. The van der Waals surface area contributed by atoms with Gasteiger partial charge >= 0.3 is 5.97 Å². The number of aliphatic carboxylic acids is 1. The first-order valence-electron chi connectivity index (χ1n) is 4.87. The fourth-order valence-corrected chi connectivity index (χ4v) is 1.31. The van der Waals surface area contributed by atoms with Gasteiger partial charge in [-0.2, -0.15) is 9.79 Å². The minimum Gasteiger partial charge on any atom is -0.480 e. The summed E-state index contributed by atoms with van der Waals surface area (Å²) in [5.41, 5.74) is 1.00. The largest absolute Gasteiger partial charge is 0.480 e. The van der Waals surface area contributed by atoms with E-state index in [1.807, 2.05) is 0 Å². The van der Waals surface area contributed by atoms with Gasteiger partial charge in [0.1, 0.15) is 0 Å². The molecule has 0 aliphatic carbocycles. The molecule has 18 heavy (non-hydrogen) atoms. The van der Waals surface area contributed by atoms with Crippen molar-refractivity contribution in [3.63, 3.8) is 0 Å². The molecule has 1 aromatic carbocycles. The molecule has 2 aromatic rings. The first-order chi connectivity index (χ1) is 8.69. The molecule has 0 fully saturated rings. The molecule has 2 rings (SSSR count). The third-order valence-electron chi connectivity index (χ3n) is 2.01. The van der Waals surface area contributed by atoms with E-state index in [-0.39, 0.29) is 12.4 Å². The molecule has 1 N–H and O–H groups in total. The molecule has 0 unspecified atom stereocenters. The van der Waals surface area contributed by atoms with E-state index in [0.717, 1.165) is 4.80 Å². The van der Waals surface area contributed by atoms with Gasteiger partial charge in [0.2, 0.25) is 11.9 Å². The van der Waals surface area contributed by atoms with E-state index in [2.05, 4.69) is 20.4 Å². The molecule has 1 heterocycles. The van der Waals surface area contributed by atoms with Gasteiger partial charge in [-0.25, -0.2) is 4.79 Å². The second kappa shape index (κ2) is 4.98. The van der Waals surface area contributed by atoms with Gasteiger partial charge in [0.05, 0.1) is 5.69 Å². The molecule has 0 spiro atoms. The van der Waals surface area contributed by atoms with E-state index >= 15 is 0 Å². The van der Waals surface area contributed by atoms with Crippen molar-refractivity contribution in [2.75, 3.05) is 0 Å². The van der Waals surface area contributed by atoms with Crippen LogP contribution in [0.5, 0.6) is 0 Å². The average Bonchev–Trinajstić information content (AvgIpc) is 2.77. The molecule has 0 bridgehead atoms. The number of hydrogen-bond donors (Lipinski definition) is 1. The van der Waals surface area contributed by atoms with E-state index in [1.165, 1.54) is 6.08 Å². The van der Waals surface area contributed by atoms with Crippen molar-refractivity contribution in [3.05, 3.63) is 24.3 Å². The minimum atomic E-state index is -1.06. The van der Waals surface area contributed by atoms with Crippen molar-refractivity contribution in [3.8, 4) is 11.4 Å². The Balaban J connectivity index is 2.30. The van der Waals surface area contributed by atoms with Crippen molar-refractivity contribution in [2.45, 2.75) is 6.54 Å². The van der Waals surface area contributed by atoms with Crippen LogP contribution in [0.4, 0.5) is 5.69 Å². The zero-order chi connectivity index (χ0) is 13.0. The van der Waals surface area contributed by atoms with Gasteiger partial charge in [-0.15, -0.1) is 10.2 Å². The molecule has 90 valence electrons. The Morgan fingerprint density at radius 2 is 2.33 bits per heavy atom. The lowest BCUT2D eigenvalue weighted by molar-refractivity contribution is -0.138. The third-order valence-corrected chi connectivity index (χ3v) is 2.01. The summed E-state index contributed by atoms with van der Waals surface area (Å²) in [6.45, 7) is -0.362. The second-order valence-corrected chi connectivity index (χ2v) is 3.29. The number of carbonyl (C=O) groups excluding carboxylic acids is 1. The highest BCUT2D eigenvalue weighted by molar-refractivity contribution is 5.66. The summed E-state index contributed by atoms with van der Waals surface area (Å²) in [6, 6.07) is 6.57. The summed E-state index contributed by atoms with van der Waals surface area (Å²) in [5.74, 6) is -0.794. The second-order valence-electron chi connectivity index (χ2n) is 3.29. The Kier molecular flexibility index (Phi) is 3.22. The monoisotopic (exact) mass is 245 g/mol. The van der Waals surface area contributed by atoms with E-state index in [4.69, 9.17) is 5.11 Å². The number of carboxylic acid groups (broad SMARTS) is 1. The zero-order valence-electron chi connectivity index (χ0n) is 9.02. The molecule has 0 saturated heterocycles. The van der Waals surface area contributed by atoms with Crippen molar-refractivity contribution in [2.24, 2.45) is 4.99 Å². The molecule has 0 saturated carbocycles. The number of aliphatic imine (C=N–C) groups is 1. The van der Waals surface area contributed by atoms with Crippen molar-refractivity contribution >= 4 is 17.7 Å². The number of carbonyl (C=O) groups is 1. The van der Waals surface area contributed by atoms with E-state index in [9.17, 15) is 9.59 Å². The average molecular weight is 245 g/mol. The van der Waals surface area contributed by atoms with Crippen LogP contribution in [0.3, 0.4) is 0 Å². The Labute approximate surface area is 101 Å². The van der Waals surface area contributed by atoms with Crippen LogP contribution in [0.2, 0.25) is 0 Å². The van der Waals surface area contributed by atoms with Crippen molar-refractivity contribution in [1.29, 1.82) is 0 Å². The lowest BCUT2D eigenvalue weighted by atomic mass is 10.2. The maximum Gasteiger partial charge on any atom is 0.327 e. The van der Waals surface area contributed by atoms with Crippen LogP contribution in [-0.4, -0.2) is 37.4 Å². The van der Waals surface area contributed by atoms with E-state index < -0.39 is 5.97 Å². The number of hydrogen-bond acceptors (Lipinski definition) is 6. The summed E-state index contributed by atoms with van der Waals surface area (Å²) < 4.78 is 0. The lowest BCUT2D eigenvalue weighted by Crippen LogP contribution is -2.11. The molecule has 0 atom stereocenters. The smallest absolute Gasteiger partial charge is 0.327 e. The maximum absolute atomic E-state index is 10.5. The minimum absolute atomic E-state index is 0.263. The Bertz CT molecular complexity index is 630. The molecule has 8 heteroatoms. The normalized spacial score (nSPS) is 9.78. The molecule has 1 aromatic heterocycles. The molecule has 0 radical (unpaired) electrons. The summed E-state index contributed by atoms with van der Waals surface area (Å²) >= 11 is 0. The van der Waals surface area contributed by atoms with Gasteiger partial charge in [0.15, 0.2) is 6.54 Å². The maximum atomic E-state index is 10.5. The fraction of sp³-hybridized carbons (Fsp3) is 0.100. The first kappa shape index (κ1) is 11.6. The summed E-state index contributed by atoms with van der Waals surface area (Å²) in [5, 5.41) is 19.8. The quantitative estimate of drug-likeness (QED) is 0.616. The highest BCUT2D eigenvalue weighted by Gasteiger charge is 2.08. The Morgan fingerprint density at radius 3 is 3.06 bits per heavy atom. The Hall–Kier alpha value is -2.86. The Morgan fingerprint density at radius 1 is 1.50 bits per heavy atom. The van der Waals surface area contributed by atoms with Gasteiger partial charge < -0.3 is 5.11 Å². The highest BCUT2D eigenvalue weighted by Crippen LogP contribution is 2.20. The first-order valence-corrected chi connectivity index (χ1v) is 4.87. The van der Waals surface area contributed by atoms with E-state index in [0.29, 0.717) is 11.3 Å². The lowest BCUT2D eigenvalue weighted by Gasteiger charge is -1.95. The topological polar surface area (TPSA) is 110 Å². The van der Waals surface area contributed by atoms with Gasteiger partial charge in [-0.3, -0.25) is 4.79 Å². The van der Waals surface area contributed by atoms with Crippen LogP contribution < -0.4 is 0 Å². The molecule has 0 aliphatic heterocycles. The van der Waals surface area contributed by atoms with Crippen LogP contribution in [0.15, 0.2) is 29.3 Å². The van der Waals surface area contributed by atoms with Crippen LogP contribution in [-0.2, 0) is 16.1 Å². The number of benzene rings is 1. The van der Waals surface area contributed by atoms with Crippen molar-refractivity contribution < 1.29 is 14.7 Å². The number of carboxylic acids is 1. The summed E-state index contributed by atoms with van der Waals surface area (Å²) in [4.78, 5) is 25.0. The van der Waals surface area contributed by atoms with Crippen molar-refractivity contribution in [1.82, 2.24) is 20.2 Å². The molecular formula is C10H7N5O3. The number of rotatable bonds is 4. The van der Waals surface area contributed by atoms with Gasteiger partial charge in [0, 0.05) is 5.56 Å². The van der Waals surface area contributed by atoms with Crippen LogP contribution in [0, 0.1) is 0 Å². The standard InChI is InChI=1S/C10H7N5O3/c16-6-11-8-3-1-2-7(4-8)10-12-14-15(13-10)5-9(17)18/h1-4H,5H2,(H,17,18). The van der Waals surface area contributed by atoms with Crippen LogP contribution in [0.1, 0.15) is 0 Å². The van der Waals surface area contributed by atoms with Crippen LogP contribution in [0.25, 0.3) is 11.4 Å². The number of aromatic nitrogens is 4. The van der Waals surface area contributed by atoms with Gasteiger partial charge in [0.25, 0.3) is 0 Å². The zero-order valence-corrected chi connectivity index (χ0v) is 9.02. The summed E-state index contributed by atoms with van der Waals surface area (Å²) in [6.07, 6.45) is 1.43. The predicted octanol–water partition coefficient (Wildman–Crippen LogP) is 0.392. The fourth-order valence-electron chi connectivity index (χ4n) is 1.31. The highest BCUT2D eigenvalue weighted by atomic mass is 16.4. The predicted molar refractivity (Wildman–Crippen MR) is 58.7 cm³/mol. The van der Waals surface area contributed by atoms with Crippen LogP contribution >= 0.6 is 0 Å². The number of isocyanates is 1. The third kappa shape index (κ3) is 2.63. The SMILES string of the molecule is O=C=Nc1cccc(-c2nnn(CC(=O)O)n2)c1. The summed E-state index contributed by atoms with van der Waals surface area (Å²) in [7, 11) is 0. The number of tetrazole rings is 1. The molecular weight excluding hydrogens is 238 g/mol. The molecule has 8 nitrogen and oxygen atoms in total.